The van der Waals surface area contributed by atoms with Crippen molar-refractivity contribution in [2.24, 2.45) is 0 Å². The van der Waals surface area contributed by atoms with E-state index in [1.54, 1.807) is 13.0 Å². The molecule has 0 aliphatic carbocycles. The number of anilines is 1. The molecule has 12 heteroatoms. The molecule has 3 aromatic rings. The number of carbonyl (C=O) groups is 1. The number of nitrogens with two attached hydrogens (primary N) is 1. The van der Waals surface area contributed by atoms with Crippen molar-refractivity contribution < 1.29 is 27.4 Å². The Morgan fingerprint density at radius 1 is 1.29 bits per heavy atom. The summed E-state index contributed by atoms with van der Waals surface area (Å²) in [6, 6.07) is 4.11. The number of sulfonamides is 1. The van der Waals surface area contributed by atoms with Crippen LogP contribution in [0.3, 0.4) is 0 Å². The summed E-state index contributed by atoms with van der Waals surface area (Å²) in [6.45, 7) is 1.34. The fraction of sp³-hybridized carbons (Fsp3) is 0.348. The van der Waals surface area contributed by atoms with Crippen LogP contribution in [0.2, 0.25) is 0 Å². The Labute approximate surface area is 199 Å². The number of nitrogen functional groups attached to an aromatic ring is 1. The first-order valence-corrected chi connectivity index (χ1v) is 12.7. The molecule has 0 saturated heterocycles. The third-order valence-corrected chi connectivity index (χ3v) is 8.13. The van der Waals surface area contributed by atoms with E-state index < -0.39 is 33.0 Å². The minimum absolute atomic E-state index is 0.00533. The highest BCUT2D eigenvalue weighted by atomic mass is 32.2. The van der Waals surface area contributed by atoms with Crippen molar-refractivity contribution in [3.63, 3.8) is 0 Å². The predicted octanol–water partition coefficient (Wildman–Crippen LogP) is 1.19. The smallest absolute Gasteiger partial charge is 0.343 e. The Hall–Kier alpha value is -3.35. The van der Waals surface area contributed by atoms with Gasteiger partial charge in [-0.3, -0.25) is 4.79 Å². The van der Waals surface area contributed by atoms with Gasteiger partial charge in [-0.2, -0.15) is 0 Å². The van der Waals surface area contributed by atoms with E-state index in [9.17, 15) is 27.5 Å². The minimum atomic E-state index is -3.57. The number of halogens is 1. The van der Waals surface area contributed by atoms with Crippen LogP contribution in [0.15, 0.2) is 23.0 Å². The third-order valence-electron chi connectivity index (χ3n) is 6.87. The first kappa shape index (κ1) is 23.4. The van der Waals surface area contributed by atoms with Crippen LogP contribution >= 0.6 is 0 Å². The summed E-state index contributed by atoms with van der Waals surface area (Å²) in [5, 5.41) is 11.5. The lowest BCUT2D eigenvalue weighted by Gasteiger charge is -2.31. The number of ether oxygens (including phenoxy) is 1. The standard InChI is InChI=1S/C23H23FN4O6S/c1-4-23(31)15-6-19-20-13(9-28(19)21(29)14(15)10-34-22(23)30)12(8-27(2)35(3,32)33)11-5-17(25)16(24)7-18(11)26-20/h5-7,31H,4,8-10,25H2,1-3H3. The second-order valence-corrected chi connectivity index (χ2v) is 11.0. The quantitative estimate of drug-likeness (QED) is 0.313. The van der Waals surface area contributed by atoms with Crippen molar-refractivity contribution in [2.45, 2.75) is 38.6 Å². The molecular weight excluding hydrogens is 479 g/mol. The van der Waals surface area contributed by atoms with Crippen molar-refractivity contribution in [1.29, 1.82) is 0 Å². The second-order valence-electron chi connectivity index (χ2n) is 8.93. The van der Waals surface area contributed by atoms with Gasteiger partial charge in [-0.1, -0.05) is 6.92 Å². The highest BCUT2D eigenvalue weighted by Crippen LogP contribution is 2.41. The lowest BCUT2D eigenvalue weighted by atomic mass is 9.86. The molecule has 2 aliphatic rings. The van der Waals surface area contributed by atoms with Crippen molar-refractivity contribution in [3.05, 3.63) is 56.6 Å². The van der Waals surface area contributed by atoms with Crippen molar-refractivity contribution >= 4 is 32.6 Å². The van der Waals surface area contributed by atoms with Gasteiger partial charge in [-0.05, 0) is 24.1 Å². The maximum atomic E-state index is 14.3. The van der Waals surface area contributed by atoms with E-state index in [0.717, 1.165) is 16.6 Å². The lowest BCUT2D eigenvalue weighted by molar-refractivity contribution is -0.172. The molecule has 5 rings (SSSR count). The number of cyclic esters (lactones) is 1. The Bertz CT molecular complexity index is 1620. The average Bonchev–Trinajstić information content (AvgIpc) is 3.16. The van der Waals surface area contributed by atoms with Crippen molar-refractivity contribution in [3.8, 4) is 11.4 Å². The van der Waals surface area contributed by atoms with E-state index in [2.05, 4.69) is 4.98 Å². The largest absolute Gasteiger partial charge is 0.458 e. The van der Waals surface area contributed by atoms with E-state index in [1.165, 1.54) is 17.7 Å². The van der Waals surface area contributed by atoms with Crippen LogP contribution in [-0.4, -0.2) is 46.7 Å². The maximum absolute atomic E-state index is 14.3. The summed E-state index contributed by atoms with van der Waals surface area (Å²) in [5.74, 6) is -1.52. The Kier molecular flexibility index (Phi) is 5.06. The van der Waals surface area contributed by atoms with Gasteiger partial charge >= 0.3 is 5.97 Å². The van der Waals surface area contributed by atoms with Crippen LogP contribution in [0.4, 0.5) is 10.1 Å². The number of benzene rings is 1. The molecule has 0 spiro atoms. The molecule has 0 radical (unpaired) electrons. The van der Waals surface area contributed by atoms with Gasteiger partial charge in [0.15, 0.2) is 5.60 Å². The van der Waals surface area contributed by atoms with Crippen LogP contribution < -0.4 is 11.3 Å². The normalized spacial score (nSPS) is 19.0. The Balaban J connectivity index is 1.82. The van der Waals surface area contributed by atoms with Crippen LogP contribution in [0.5, 0.6) is 0 Å². The highest BCUT2D eigenvalue weighted by Gasteiger charge is 2.45. The molecule has 2 aliphatic heterocycles. The number of fused-ring (bicyclic) bond motifs is 5. The average molecular weight is 503 g/mol. The minimum Gasteiger partial charge on any atom is -0.458 e. The number of nitrogens with zero attached hydrogens (tertiary/aromatic N) is 3. The van der Waals surface area contributed by atoms with Gasteiger partial charge in [0.1, 0.15) is 12.4 Å². The summed E-state index contributed by atoms with van der Waals surface area (Å²) >= 11 is 0. The molecule has 0 bridgehead atoms. The molecule has 1 aromatic carbocycles. The van der Waals surface area contributed by atoms with Crippen molar-refractivity contribution in [1.82, 2.24) is 13.9 Å². The predicted molar refractivity (Wildman–Crippen MR) is 125 cm³/mol. The van der Waals surface area contributed by atoms with Crippen LogP contribution in [0, 0.1) is 5.82 Å². The van der Waals surface area contributed by atoms with E-state index in [0.29, 0.717) is 27.9 Å². The first-order chi connectivity index (χ1) is 16.4. The molecule has 10 nitrogen and oxygen atoms in total. The molecular formula is C23H23FN4O6S. The number of esters is 1. The zero-order chi connectivity index (χ0) is 25.4. The molecule has 4 heterocycles. The summed E-state index contributed by atoms with van der Waals surface area (Å²) in [6.07, 6.45) is 1.06. The zero-order valence-electron chi connectivity index (χ0n) is 19.3. The van der Waals surface area contributed by atoms with Crippen LogP contribution in [-0.2, 0) is 44.9 Å². The summed E-state index contributed by atoms with van der Waals surface area (Å²) < 4.78 is 46.4. The fourth-order valence-corrected chi connectivity index (χ4v) is 5.08. The van der Waals surface area contributed by atoms with E-state index in [-0.39, 0.29) is 48.4 Å². The second kappa shape index (κ2) is 7.57. The van der Waals surface area contributed by atoms with E-state index in [1.807, 2.05) is 0 Å². The monoisotopic (exact) mass is 502 g/mol. The topological polar surface area (TPSA) is 145 Å². The molecule has 35 heavy (non-hydrogen) atoms. The molecule has 1 atom stereocenters. The molecule has 184 valence electrons. The zero-order valence-corrected chi connectivity index (χ0v) is 20.1. The van der Waals surface area contributed by atoms with Gasteiger partial charge in [0.25, 0.3) is 5.56 Å². The van der Waals surface area contributed by atoms with Gasteiger partial charge in [-0.25, -0.2) is 26.9 Å². The number of aromatic nitrogens is 2. The Morgan fingerprint density at radius 2 is 2.00 bits per heavy atom. The maximum Gasteiger partial charge on any atom is 0.343 e. The first-order valence-electron chi connectivity index (χ1n) is 10.9. The van der Waals surface area contributed by atoms with Gasteiger partial charge in [0.2, 0.25) is 10.0 Å². The SMILES string of the molecule is CCC1(O)C(=O)OCc2c1cc1n(c2=O)Cc2c-1nc1cc(F)c(N)cc1c2CN(C)S(C)(=O)=O. The molecule has 0 saturated carbocycles. The number of carbonyl (C=O) groups excluding carboxylic acids is 1. The lowest BCUT2D eigenvalue weighted by Crippen LogP contribution is -2.44. The van der Waals surface area contributed by atoms with Gasteiger partial charge in [0, 0.05) is 36.2 Å². The summed E-state index contributed by atoms with van der Waals surface area (Å²) in [7, 11) is -2.15. The third kappa shape index (κ3) is 3.35. The highest BCUT2D eigenvalue weighted by molar-refractivity contribution is 7.88. The van der Waals surface area contributed by atoms with Crippen LogP contribution in [0.1, 0.15) is 35.6 Å². The van der Waals surface area contributed by atoms with Crippen molar-refractivity contribution in [2.75, 3.05) is 19.0 Å². The number of rotatable bonds is 4. The van der Waals surface area contributed by atoms with Gasteiger partial charge in [0.05, 0.1) is 41.0 Å². The molecule has 3 N–H and O–H groups in total. The summed E-state index contributed by atoms with van der Waals surface area (Å²) in [4.78, 5) is 30.4. The van der Waals surface area contributed by atoms with E-state index in [4.69, 9.17) is 10.5 Å². The summed E-state index contributed by atoms with van der Waals surface area (Å²) in [5.41, 5.74) is 5.59. The van der Waals surface area contributed by atoms with E-state index >= 15 is 0 Å². The molecule has 0 fully saturated rings. The number of pyridine rings is 2. The van der Waals surface area contributed by atoms with Gasteiger partial charge in [-0.15, -0.1) is 0 Å². The molecule has 2 aromatic heterocycles. The van der Waals surface area contributed by atoms with Crippen LogP contribution in [0.25, 0.3) is 22.3 Å². The van der Waals surface area contributed by atoms with Gasteiger partial charge < -0.3 is 20.1 Å². The fourth-order valence-electron chi connectivity index (χ4n) is 4.72. The number of hydrogen-bond acceptors (Lipinski definition) is 8. The molecule has 1 unspecified atom stereocenters. The number of hydrogen-bond donors (Lipinski definition) is 2. The number of aliphatic hydroxyl groups is 1. The Morgan fingerprint density at radius 3 is 2.66 bits per heavy atom. The molecule has 0 amide bonds.